The number of carbonyl (C=O) groups excluding carboxylic acids is 1. The first kappa shape index (κ1) is 17.2. The smallest absolute Gasteiger partial charge is 0.333 e. The standard InChI is InChI=1S/C16H28O4/c1-3-18-16(17)14(2)10-6-4-5-8-12-19-15-11-7-9-13-20-15/h15H,2-13H2,1H3. The third-order valence-electron chi connectivity index (χ3n) is 3.38. The van der Waals surface area contributed by atoms with Crippen molar-refractivity contribution in [3.8, 4) is 0 Å². The summed E-state index contributed by atoms with van der Waals surface area (Å²) in [6, 6.07) is 0. The molecule has 1 fully saturated rings. The monoisotopic (exact) mass is 284 g/mol. The van der Waals surface area contributed by atoms with E-state index < -0.39 is 0 Å². The van der Waals surface area contributed by atoms with Gasteiger partial charge < -0.3 is 14.2 Å². The Morgan fingerprint density at radius 1 is 1.25 bits per heavy atom. The zero-order valence-corrected chi connectivity index (χ0v) is 12.7. The van der Waals surface area contributed by atoms with Crippen molar-refractivity contribution in [3.05, 3.63) is 12.2 Å². The molecule has 1 heterocycles. The van der Waals surface area contributed by atoms with Gasteiger partial charge in [0.2, 0.25) is 0 Å². The molecule has 0 N–H and O–H groups in total. The van der Waals surface area contributed by atoms with Gasteiger partial charge >= 0.3 is 5.97 Å². The Morgan fingerprint density at radius 2 is 2.05 bits per heavy atom. The van der Waals surface area contributed by atoms with Gasteiger partial charge in [0.25, 0.3) is 0 Å². The van der Waals surface area contributed by atoms with Crippen LogP contribution in [0.2, 0.25) is 0 Å². The molecule has 0 aliphatic carbocycles. The molecule has 0 aromatic heterocycles. The normalized spacial score (nSPS) is 18.8. The molecule has 0 bridgehead atoms. The van der Waals surface area contributed by atoms with E-state index in [1.54, 1.807) is 6.92 Å². The molecular weight excluding hydrogens is 256 g/mol. The van der Waals surface area contributed by atoms with E-state index in [2.05, 4.69) is 6.58 Å². The van der Waals surface area contributed by atoms with E-state index >= 15 is 0 Å². The molecule has 1 rings (SSSR count). The van der Waals surface area contributed by atoms with Crippen molar-refractivity contribution >= 4 is 5.97 Å². The summed E-state index contributed by atoms with van der Waals surface area (Å²) < 4.78 is 16.1. The van der Waals surface area contributed by atoms with Crippen LogP contribution in [0, 0.1) is 0 Å². The quantitative estimate of drug-likeness (QED) is 0.349. The van der Waals surface area contributed by atoms with Crippen molar-refractivity contribution in [1.29, 1.82) is 0 Å². The molecule has 0 spiro atoms. The van der Waals surface area contributed by atoms with Crippen molar-refractivity contribution in [3.63, 3.8) is 0 Å². The SMILES string of the molecule is C=C(CCCCCCOC1CCCCO1)C(=O)OCC. The molecule has 0 aromatic carbocycles. The summed E-state index contributed by atoms with van der Waals surface area (Å²) in [4.78, 5) is 11.3. The highest BCUT2D eigenvalue weighted by Gasteiger charge is 2.13. The summed E-state index contributed by atoms with van der Waals surface area (Å²) >= 11 is 0. The molecule has 1 atom stereocenters. The Bertz CT molecular complexity index is 282. The summed E-state index contributed by atoms with van der Waals surface area (Å²) in [6.07, 6.45) is 8.38. The minimum absolute atomic E-state index is 0.0207. The highest BCUT2D eigenvalue weighted by molar-refractivity contribution is 5.87. The zero-order valence-electron chi connectivity index (χ0n) is 12.7. The second-order valence-electron chi connectivity index (χ2n) is 5.16. The molecule has 0 radical (unpaired) electrons. The average molecular weight is 284 g/mol. The van der Waals surface area contributed by atoms with Crippen LogP contribution in [0.1, 0.15) is 58.3 Å². The summed E-state index contributed by atoms with van der Waals surface area (Å²) in [5.41, 5.74) is 0.582. The second kappa shape index (κ2) is 10.9. The van der Waals surface area contributed by atoms with Crippen LogP contribution in [0.3, 0.4) is 0 Å². The molecule has 1 aliphatic heterocycles. The lowest BCUT2D eigenvalue weighted by Crippen LogP contribution is -2.22. The van der Waals surface area contributed by atoms with Gasteiger partial charge in [-0.05, 0) is 45.4 Å². The Hall–Kier alpha value is -0.870. The molecule has 4 heteroatoms. The fourth-order valence-corrected chi connectivity index (χ4v) is 2.19. The van der Waals surface area contributed by atoms with Crippen molar-refractivity contribution in [1.82, 2.24) is 0 Å². The molecule has 4 nitrogen and oxygen atoms in total. The first-order valence-electron chi connectivity index (χ1n) is 7.82. The minimum atomic E-state index is -0.259. The van der Waals surface area contributed by atoms with E-state index in [1.165, 1.54) is 6.42 Å². The lowest BCUT2D eigenvalue weighted by molar-refractivity contribution is -0.162. The van der Waals surface area contributed by atoms with Gasteiger partial charge in [0.1, 0.15) is 0 Å². The van der Waals surface area contributed by atoms with Gasteiger partial charge in [0, 0.05) is 18.8 Å². The first-order valence-corrected chi connectivity index (χ1v) is 7.82. The largest absolute Gasteiger partial charge is 0.463 e. The van der Waals surface area contributed by atoms with Gasteiger partial charge in [-0.25, -0.2) is 4.79 Å². The van der Waals surface area contributed by atoms with Crippen LogP contribution in [-0.4, -0.2) is 32.1 Å². The number of esters is 1. The maximum atomic E-state index is 11.3. The number of carbonyl (C=O) groups is 1. The van der Waals surface area contributed by atoms with Crippen LogP contribution in [0.15, 0.2) is 12.2 Å². The third-order valence-corrected chi connectivity index (χ3v) is 3.38. The Morgan fingerprint density at radius 3 is 2.75 bits per heavy atom. The molecule has 0 aromatic rings. The number of rotatable bonds is 10. The van der Waals surface area contributed by atoms with Crippen molar-refractivity contribution in [2.24, 2.45) is 0 Å². The van der Waals surface area contributed by atoms with Crippen molar-refractivity contribution in [2.75, 3.05) is 19.8 Å². The van der Waals surface area contributed by atoms with E-state index in [-0.39, 0.29) is 12.3 Å². The highest BCUT2D eigenvalue weighted by atomic mass is 16.7. The van der Waals surface area contributed by atoms with Gasteiger partial charge in [0.05, 0.1) is 6.61 Å². The van der Waals surface area contributed by atoms with Crippen LogP contribution in [0.25, 0.3) is 0 Å². The average Bonchev–Trinajstić information content (AvgIpc) is 2.47. The predicted octanol–water partition coefficient (Wildman–Crippen LogP) is 3.60. The van der Waals surface area contributed by atoms with E-state index in [1.807, 2.05) is 0 Å². The molecule has 20 heavy (non-hydrogen) atoms. The number of unbranched alkanes of at least 4 members (excludes halogenated alkanes) is 3. The Balaban J connectivity index is 1.89. The molecule has 0 amide bonds. The van der Waals surface area contributed by atoms with Crippen LogP contribution in [0.5, 0.6) is 0 Å². The number of hydrogen-bond donors (Lipinski definition) is 0. The molecule has 1 saturated heterocycles. The van der Waals surface area contributed by atoms with Crippen molar-refractivity contribution < 1.29 is 19.0 Å². The maximum Gasteiger partial charge on any atom is 0.333 e. The lowest BCUT2D eigenvalue weighted by atomic mass is 10.1. The topological polar surface area (TPSA) is 44.8 Å². The number of hydrogen-bond acceptors (Lipinski definition) is 4. The third kappa shape index (κ3) is 7.65. The van der Waals surface area contributed by atoms with Gasteiger partial charge in [-0.1, -0.05) is 19.4 Å². The highest BCUT2D eigenvalue weighted by Crippen LogP contribution is 2.15. The minimum Gasteiger partial charge on any atom is -0.463 e. The van der Waals surface area contributed by atoms with Crippen LogP contribution in [0.4, 0.5) is 0 Å². The summed E-state index contributed by atoms with van der Waals surface area (Å²) in [7, 11) is 0. The second-order valence-corrected chi connectivity index (χ2v) is 5.16. The van der Waals surface area contributed by atoms with Crippen LogP contribution in [-0.2, 0) is 19.0 Å². The molecular formula is C16H28O4. The van der Waals surface area contributed by atoms with Gasteiger partial charge in [-0.2, -0.15) is 0 Å². The van der Waals surface area contributed by atoms with Gasteiger partial charge in [-0.3, -0.25) is 0 Å². The fraction of sp³-hybridized carbons (Fsp3) is 0.812. The molecule has 1 unspecified atom stereocenters. The summed E-state index contributed by atoms with van der Waals surface area (Å²) in [5, 5.41) is 0. The lowest BCUT2D eigenvalue weighted by Gasteiger charge is -2.22. The van der Waals surface area contributed by atoms with E-state index in [4.69, 9.17) is 14.2 Å². The fourth-order valence-electron chi connectivity index (χ4n) is 2.19. The van der Waals surface area contributed by atoms with E-state index in [0.29, 0.717) is 12.2 Å². The Kier molecular flexibility index (Phi) is 9.33. The maximum absolute atomic E-state index is 11.3. The summed E-state index contributed by atoms with van der Waals surface area (Å²) in [5.74, 6) is -0.259. The van der Waals surface area contributed by atoms with E-state index in [9.17, 15) is 4.79 Å². The molecule has 1 aliphatic rings. The molecule has 0 saturated carbocycles. The number of ether oxygens (including phenoxy) is 3. The van der Waals surface area contributed by atoms with E-state index in [0.717, 1.165) is 58.2 Å². The van der Waals surface area contributed by atoms with Gasteiger partial charge in [0.15, 0.2) is 6.29 Å². The first-order chi connectivity index (χ1) is 9.74. The molecule has 116 valence electrons. The summed E-state index contributed by atoms with van der Waals surface area (Å²) in [6.45, 7) is 7.58. The van der Waals surface area contributed by atoms with Crippen molar-refractivity contribution in [2.45, 2.75) is 64.6 Å². The Labute approximate surface area is 122 Å². The zero-order chi connectivity index (χ0) is 14.6. The van der Waals surface area contributed by atoms with Crippen LogP contribution >= 0.6 is 0 Å². The van der Waals surface area contributed by atoms with Gasteiger partial charge in [-0.15, -0.1) is 0 Å². The predicted molar refractivity (Wildman–Crippen MR) is 78.4 cm³/mol. The van der Waals surface area contributed by atoms with Crippen LogP contribution < -0.4 is 0 Å².